The molecule has 6 nitrogen and oxygen atoms in total. The summed E-state index contributed by atoms with van der Waals surface area (Å²) in [6.07, 6.45) is 3.43. The van der Waals surface area contributed by atoms with Crippen LogP contribution in [0.25, 0.3) is 28.0 Å². The van der Waals surface area contributed by atoms with Crippen LogP contribution in [0.4, 0.5) is 14.9 Å². The van der Waals surface area contributed by atoms with Crippen LogP contribution in [-0.4, -0.2) is 27.1 Å². The summed E-state index contributed by atoms with van der Waals surface area (Å²) in [5.74, 6) is -0.275. The van der Waals surface area contributed by atoms with E-state index in [1.165, 1.54) is 12.1 Å². The number of rotatable bonds is 4. The van der Waals surface area contributed by atoms with E-state index in [-0.39, 0.29) is 11.8 Å². The minimum atomic E-state index is -0.275. The highest BCUT2D eigenvalue weighted by Crippen LogP contribution is 2.24. The summed E-state index contributed by atoms with van der Waals surface area (Å²) in [6.45, 7) is 2.41. The van der Waals surface area contributed by atoms with Crippen molar-refractivity contribution in [2.24, 2.45) is 0 Å². The molecule has 7 heteroatoms. The topological polar surface area (TPSA) is 71.8 Å². The SMILES string of the molecule is CCNC(=O)Nc1cccc(-n2cnc3cc(-c4ccc(F)cc4)cnc32)c1. The number of amides is 2. The maximum Gasteiger partial charge on any atom is 0.319 e. The number of pyridine rings is 1. The first-order valence-electron chi connectivity index (χ1n) is 8.88. The van der Waals surface area contributed by atoms with E-state index in [1.807, 2.05) is 41.8 Å². The zero-order chi connectivity index (χ0) is 19.5. The van der Waals surface area contributed by atoms with Gasteiger partial charge in [-0.1, -0.05) is 18.2 Å². The van der Waals surface area contributed by atoms with Crippen molar-refractivity contribution in [1.82, 2.24) is 19.9 Å². The third-order valence-corrected chi connectivity index (χ3v) is 4.28. The van der Waals surface area contributed by atoms with E-state index in [0.717, 1.165) is 22.3 Å². The smallest absolute Gasteiger partial charge is 0.319 e. The highest BCUT2D eigenvalue weighted by Gasteiger charge is 2.09. The lowest BCUT2D eigenvalue weighted by Gasteiger charge is -2.09. The molecule has 2 amide bonds. The number of hydrogen-bond donors (Lipinski definition) is 2. The molecule has 2 heterocycles. The van der Waals surface area contributed by atoms with Gasteiger partial charge in [-0.05, 0) is 48.9 Å². The van der Waals surface area contributed by atoms with E-state index in [4.69, 9.17) is 0 Å². The third kappa shape index (κ3) is 3.55. The molecule has 140 valence electrons. The van der Waals surface area contributed by atoms with Gasteiger partial charge in [-0.2, -0.15) is 0 Å². The van der Waals surface area contributed by atoms with Crippen LogP contribution in [-0.2, 0) is 0 Å². The van der Waals surface area contributed by atoms with E-state index < -0.39 is 0 Å². The van der Waals surface area contributed by atoms with E-state index in [2.05, 4.69) is 20.6 Å². The standard InChI is InChI=1S/C21H18FN5O/c1-2-23-21(28)26-17-4-3-5-18(11-17)27-13-25-19-10-15(12-24-20(19)27)14-6-8-16(22)9-7-14/h3-13H,2H2,1H3,(H2,23,26,28). The summed E-state index contributed by atoms with van der Waals surface area (Å²) in [5, 5.41) is 5.49. The minimum absolute atomic E-state index is 0.253. The fourth-order valence-corrected chi connectivity index (χ4v) is 2.96. The quantitative estimate of drug-likeness (QED) is 0.556. The second-order valence-corrected chi connectivity index (χ2v) is 6.22. The van der Waals surface area contributed by atoms with Crippen molar-refractivity contribution in [3.63, 3.8) is 0 Å². The molecule has 0 unspecified atom stereocenters. The van der Waals surface area contributed by atoms with Crippen molar-refractivity contribution < 1.29 is 9.18 Å². The third-order valence-electron chi connectivity index (χ3n) is 4.28. The first kappa shape index (κ1) is 17.7. The number of hydrogen-bond acceptors (Lipinski definition) is 3. The molecule has 0 spiro atoms. The Kier molecular flexibility index (Phi) is 4.72. The van der Waals surface area contributed by atoms with E-state index in [1.54, 1.807) is 24.7 Å². The van der Waals surface area contributed by atoms with Crippen LogP contribution < -0.4 is 10.6 Å². The largest absolute Gasteiger partial charge is 0.338 e. The van der Waals surface area contributed by atoms with Gasteiger partial charge in [0.25, 0.3) is 0 Å². The van der Waals surface area contributed by atoms with Gasteiger partial charge in [-0.3, -0.25) is 4.57 Å². The normalized spacial score (nSPS) is 10.8. The number of urea groups is 1. The van der Waals surface area contributed by atoms with Crippen molar-refractivity contribution in [2.45, 2.75) is 6.92 Å². The highest BCUT2D eigenvalue weighted by molar-refractivity contribution is 5.89. The van der Waals surface area contributed by atoms with Gasteiger partial charge in [0.05, 0.1) is 5.69 Å². The number of carbonyl (C=O) groups excluding carboxylic acids is 1. The zero-order valence-electron chi connectivity index (χ0n) is 15.2. The van der Waals surface area contributed by atoms with Crippen LogP contribution in [0.3, 0.4) is 0 Å². The molecule has 0 bridgehead atoms. The number of nitrogens with zero attached hydrogens (tertiary/aromatic N) is 3. The number of halogens is 1. The molecule has 0 saturated carbocycles. The Bertz CT molecular complexity index is 1140. The number of nitrogens with one attached hydrogen (secondary N) is 2. The summed E-state index contributed by atoms with van der Waals surface area (Å²) in [4.78, 5) is 20.7. The molecule has 0 fully saturated rings. The first-order chi connectivity index (χ1) is 13.6. The van der Waals surface area contributed by atoms with Crippen LogP contribution in [0.1, 0.15) is 6.92 Å². The first-order valence-corrected chi connectivity index (χ1v) is 8.88. The van der Waals surface area contributed by atoms with E-state index >= 15 is 0 Å². The van der Waals surface area contributed by atoms with Gasteiger partial charge in [0.2, 0.25) is 0 Å². The molecular weight excluding hydrogens is 357 g/mol. The molecule has 0 saturated heterocycles. The molecule has 0 atom stereocenters. The van der Waals surface area contributed by atoms with Crippen molar-refractivity contribution in [2.75, 3.05) is 11.9 Å². The lowest BCUT2D eigenvalue weighted by atomic mass is 10.1. The summed E-state index contributed by atoms with van der Waals surface area (Å²) in [7, 11) is 0. The average molecular weight is 375 g/mol. The predicted molar refractivity (Wildman–Crippen MR) is 107 cm³/mol. The molecule has 2 aromatic heterocycles. The number of carbonyl (C=O) groups is 1. The van der Waals surface area contributed by atoms with Gasteiger partial charge < -0.3 is 10.6 Å². The molecule has 0 aliphatic heterocycles. The van der Waals surface area contributed by atoms with Crippen LogP contribution in [0, 0.1) is 5.82 Å². The van der Waals surface area contributed by atoms with Gasteiger partial charge in [-0.25, -0.2) is 19.2 Å². The lowest BCUT2D eigenvalue weighted by molar-refractivity contribution is 0.252. The highest BCUT2D eigenvalue weighted by atomic mass is 19.1. The number of benzene rings is 2. The molecule has 2 N–H and O–H groups in total. The molecule has 4 aromatic rings. The van der Waals surface area contributed by atoms with Gasteiger partial charge in [0.1, 0.15) is 17.7 Å². The van der Waals surface area contributed by atoms with Gasteiger partial charge in [0.15, 0.2) is 5.65 Å². The van der Waals surface area contributed by atoms with Gasteiger partial charge in [-0.15, -0.1) is 0 Å². The Morgan fingerprint density at radius 2 is 1.89 bits per heavy atom. The fourth-order valence-electron chi connectivity index (χ4n) is 2.96. The van der Waals surface area contributed by atoms with Crippen molar-refractivity contribution in [1.29, 1.82) is 0 Å². The van der Waals surface area contributed by atoms with Crippen LogP contribution >= 0.6 is 0 Å². The van der Waals surface area contributed by atoms with E-state index in [9.17, 15) is 9.18 Å². The Labute approximate surface area is 161 Å². The van der Waals surface area contributed by atoms with Crippen LogP contribution in [0.15, 0.2) is 67.1 Å². The van der Waals surface area contributed by atoms with Crippen molar-refractivity contribution in [3.8, 4) is 16.8 Å². The van der Waals surface area contributed by atoms with Crippen LogP contribution in [0.2, 0.25) is 0 Å². The van der Waals surface area contributed by atoms with E-state index in [0.29, 0.717) is 17.9 Å². The van der Waals surface area contributed by atoms with Gasteiger partial charge >= 0.3 is 6.03 Å². The average Bonchev–Trinajstić information content (AvgIpc) is 3.12. The number of imidazole rings is 1. The van der Waals surface area contributed by atoms with Crippen LogP contribution in [0.5, 0.6) is 0 Å². The number of anilines is 1. The molecule has 0 radical (unpaired) electrons. The maximum absolute atomic E-state index is 13.1. The molecule has 28 heavy (non-hydrogen) atoms. The monoisotopic (exact) mass is 375 g/mol. The second-order valence-electron chi connectivity index (χ2n) is 6.22. The van der Waals surface area contributed by atoms with Crippen molar-refractivity contribution in [3.05, 3.63) is 72.9 Å². The number of aromatic nitrogens is 3. The minimum Gasteiger partial charge on any atom is -0.338 e. The summed E-state index contributed by atoms with van der Waals surface area (Å²) in [5.41, 5.74) is 4.67. The Balaban J connectivity index is 1.66. The molecule has 0 aliphatic rings. The summed E-state index contributed by atoms with van der Waals surface area (Å²) < 4.78 is 15.0. The van der Waals surface area contributed by atoms with Crippen molar-refractivity contribution >= 4 is 22.9 Å². The summed E-state index contributed by atoms with van der Waals surface area (Å²) in [6, 6.07) is 15.4. The predicted octanol–water partition coefficient (Wildman–Crippen LogP) is 4.37. The zero-order valence-corrected chi connectivity index (χ0v) is 15.2. The fraction of sp³-hybridized carbons (Fsp3) is 0.0952. The maximum atomic E-state index is 13.1. The molecule has 0 aliphatic carbocycles. The Morgan fingerprint density at radius 1 is 1.07 bits per heavy atom. The Hall–Kier alpha value is -3.74. The lowest BCUT2D eigenvalue weighted by Crippen LogP contribution is -2.28. The van der Waals surface area contributed by atoms with Gasteiger partial charge in [0, 0.05) is 24.0 Å². The Morgan fingerprint density at radius 3 is 2.68 bits per heavy atom. The molecular formula is C21H18FN5O. The summed E-state index contributed by atoms with van der Waals surface area (Å²) >= 11 is 0. The molecule has 2 aromatic carbocycles. The number of fused-ring (bicyclic) bond motifs is 1. The second kappa shape index (κ2) is 7.48. The molecule has 4 rings (SSSR count).